The van der Waals surface area contributed by atoms with Crippen LogP contribution in [0.25, 0.3) is 0 Å². The largest absolute Gasteiger partial charge is 0.497 e. The fourth-order valence-corrected chi connectivity index (χ4v) is 5.45. The number of methoxy groups -OCH3 is 2. The van der Waals surface area contributed by atoms with Gasteiger partial charge in [0.25, 0.3) is 11.8 Å². The molecule has 1 aliphatic carbocycles. The first-order valence-electron chi connectivity index (χ1n) is 13.5. The molecular formula is C29H36N4O7. The zero-order valence-corrected chi connectivity index (χ0v) is 22.8. The standard InChI is InChI=1S/C29H36N4O7/c1-39-22-13-11-21(12-14-22)30-29(38)33-16-15-32(28(37)20-9-6-10-23(17-20)40-2)27(33)26(36)31-24(18-25(34)35)19-7-4-3-5-8-19/h6,9-14,17,19,24,27H,3-5,7-8,15-16,18H2,1-2H3,(H,30,38)(H,31,36)(H,34,35). The first kappa shape index (κ1) is 28.7. The van der Waals surface area contributed by atoms with Crippen molar-refractivity contribution in [3.8, 4) is 11.5 Å². The van der Waals surface area contributed by atoms with Crippen LogP contribution in [0, 0.1) is 5.92 Å². The molecule has 0 aromatic heterocycles. The summed E-state index contributed by atoms with van der Waals surface area (Å²) in [6.45, 7) is 0.236. The third-order valence-electron chi connectivity index (χ3n) is 7.53. The molecule has 2 unspecified atom stereocenters. The van der Waals surface area contributed by atoms with Gasteiger partial charge in [-0.25, -0.2) is 4.79 Å². The summed E-state index contributed by atoms with van der Waals surface area (Å²) in [5.41, 5.74) is 0.803. The van der Waals surface area contributed by atoms with E-state index in [9.17, 15) is 24.3 Å². The van der Waals surface area contributed by atoms with Crippen molar-refractivity contribution in [2.45, 2.75) is 50.7 Å². The summed E-state index contributed by atoms with van der Waals surface area (Å²) in [7, 11) is 3.04. The van der Waals surface area contributed by atoms with E-state index >= 15 is 0 Å². The van der Waals surface area contributed by atoms with Crippen molar-refractivity contribution in [1.82, 2.24) is 15.1 Å². The number of hydrogen-bond acceptors (Lipinski definition) is 6. The maximum absolute atomic E-state index is 13.8. The molecule has 4 rings (SSSR count). The Labute approximate surface area is 233 Å². The lowest BCUT2D eigenvalue weighted by Crippen LogP contribution is -2.57. The SMILES string of the molecule is COc1ccc(NC(=O)N2CCN(C(=O)c3cccc(OC)c3)C2C(=O)NC(CC(=O)O)C2CCCCC2)cc1. The Balaban J connectivity index is 1.60. The zero-order chi connectivity index (χ0) is 28.6. The van der Waals surface area contributed by atoms with E-state index in [4.69, 9.17) is 9.47 Å². The minimum absolute atomic E-state index is 0.0133. The maximum atomic E-state index is 13.8. The Morgan fingerprint density at radius 3 is 2.25 bits per heavy atom. The number of amides is 4. The molecule has 11 nitrogen and oxygen atoms in total. The van der Waals surface area contributed by atoms with Gasteiger partial charge in [0.2, 0.25) is 0 Å². The molecule has 214 valence electrons. The van der Waals surface area contributed by atoms with E-state index in [1.165, 1.54) is 16.9 Å². The molecule has 0 bridgehead atoms. The van der Waals surface area contributed by atoms with E-state index in [-0.39, 0.29) is 25.4 Å². The topological polar surface area (TPSA) is 138 Å². The minimum Gasteiger partial charge on any atom is -0.497 e. The van der Waals surface area contributed by atoms with Crippen molar-refractivity contribution in [3.63, 3.8) is 0 Å². The van der Waals surface area contributed by atoms with E-state index in [1.54, 1.807) is 55.6 Å². The van der Waals surface area contributed by atoms with Crippen LogP contribution in [0.1, 0.15) is 48.9 Å². The van der Waals surface area contributed by atoms with Crippen molar-refractivity contribution in [3.05, 3.63) is 54.1 Å². The molecule has 2 aliphatic rings. The molecule has 2 aromatic carbocycles. The Bertz CT molecular complexity index is 1210. The van der Waals surface area contributed by atoms with Crippen molar-refractivity contribution in [1.29, 1.82) is 0 Å². The van der Waals surface area contributed by atoms with Crippen LogP contribution in [0.15, 0.2) is 48.5 Å². The van der Waals surface area contributed by atoms with Gasteiger partial charge in [0.05, 0.1) is 20.6 Å². The fourth-order valence-electron chi connectivity index (χ4n) is 5.45. The van der Waals surface area contributed by atoms with Gasteiger partial charge in [-0.3, -0.25) is 19.3 Å². The number of carbonyl (C=O) groups excluding carboxylic acids is 3. The van der Waals surface area contributed by atoms with Gasteiger partial charge in [-0.05, 0) is 61.2 Å². The lowest BCUT2D eigenvalue weighted by atomic mass is 9.82. The molecule has 3 N–H and O–H groups in total. The first-order chi connectivity index (χ1) is 19.3. The van der Waals surface area contributed by atoms with Crippen LogP contribution >= 0.6 is 0 Å². The molecule has 1 heterocycles. The van der Waals surface area contributed by atoms with Gasteiger partial charge < -0.3 is 30.1 Å². The highest BCUT2D eigenvalue weighted by Crippen LogP contribution is 2.29. The molecule has 2 fully saturated rings. The number of ether oxygens (including phenoxy) is 2. The van der Waals surface area contributed by atoms with Crippen molar-refractivity contribution < 1.29 is 33.8 Å². The number of hydrogen-bond donors (Lipinski definition) is 3. The van der Waals surface area contributed by atoms with Crippen molar-refractivity contribution in [2.75, 3.05) is 32.6 Å². The van der Waals surface area contributed by atoms with Crippen molar-refractivity contribution >= 4 is 29.5 Å². The summed E-state index contributed by atoms with van der Waals surface area (Å²) < 4.78 is 10.4. The minimum atomic E-state index is -1.27. The number of benzene rings is 2. The third-order valence-corrected chi connectivity index (χ3v) is 7.53. The summed E-state index contributed by atoms with van der Waals surface area (Å²) in [5.74, 6) is -0.917. The predicted molar refractivity (Wildman–Crippen MR) is 147 cm³/mol. The molecule has 40 heavy (non-hydrogen) atoms. The highest BCUT2D eigenvalue weighted by atomic mass is 16.5. The number of nitrogens with zero attached hydrogens (tertiary/aromatic N) is 2. The summed E-state index contributed by atoms with van der Waals surface area (Å²) in [5, 5.41) is 15.3. The smallest absolute Gasteiger partial charge is 0.323 e. The number of carbonyl (C=O) groups is 4. The number of urea groups is 1. The Morgan fingerprint density at radius 2 is 1.60 bits per heavy atom. The van der Waals surface area contributed by atoms with Gasteiger partial charge in [-0.1, -0.05) is 25.3 Å². The van der Waals surface area contributed by atoms with E-state index in [0.29, 0.717) is 22.7 Å². The number of rotatable bonds is 9. The molecule has 2 atom stereocenters. The summed E-state index contributed by atoms with van der Waals surface area (Å²) in [6.07, 6.45) is 3.15. The maximum Gasteiger partial charge on any atom is 0.323 e. The number of anilines is 1. The lowest BCUT2D eigenvalue weighted by Gasteiger charge is -2.34. The lowest BCUT2D eigenvalue weighted by molar-refractivity contribution is -0.138. The van der Waals surface area contributed by atoms with Crippen LogP contribution in [0.3, 0.4) is 0 Å². The van der Waals surface area contributed by atoms with Crippen LogP contribution in [0.4, 0.5) is 10.5 Å². The van der Waals surface area contributed by atoms with Crippen LogP contribution in [-0.2, 0) is 9.59 Å². The van der Waals surface area contributed by atoms with Crippen LogP contribution in [-0.4, -0.2) is 78.2 Å². The van der Waals surface area contributed by atoms with Gasteiger partial charge in [-0.2, -0.15) is 0 Å². The summed E-state index contributed by atoms with van der Waals surface area (Å²) in [6, 6.07) is 12.2. The molecular weight excluding hydrogens is 516 g/mol. The van der Waals surface area contributed by atoms with Gasteiger partial charge in [0.15, 0.2) is 6.17 Å². The van der Waals surface area contributed by atoms with Crippen LogP contribution in [0.2, 0.25) is 0 Å². The molecule has 4 amide bonds. The van der Waals surface area contributed by atoms with Gasteiger partial charge >= 0.3 is 12.0 Å². The number of carboxylic acids is 1. The third kappa shape index (κ3) is 6.83. The zero-order valence-electron chi connectivity index (χ0n) is 22.8. The fraction of sp³-hybridized carbons (Fsp3) is 0.448. The number of nitrogens with one attached hydrogen (secondary N) is 2. The highest BCUT2D eigenvalue weighted by molar-refractivity contribution is 6.01. The predicted octanol–water partition coefficient (Wildman–Crippen LogP) is 3.56. The van der Waals surface area contributed by atoms with E-state index in [1.807, 2.05) is 0 Å². The van der Waals surface area contributed by atoms with Crippen LogP contribution in [0.5, 0.6) is 11.5 Å². The molecule has 1 saturated carbocycles. The summed E-state index contributed by atoms with van der Waals surface area (Å²) in [4.78, 5) is 55.2. The average Bonchev–Trinajstić information content (AvgIpc) is 3.43. The van der Waals surface area contributed by atoms with Gasteiger partial charge in [0.1, 0.15) is 11.5 Å². The number of carboxylic acid groups (broad SMARTS) is 1. The van der Waals surface area contributed by atoms with E-state index in [0.717, 1.165) is 32.1 Å². The Hall–Kier alpha value is -4.28. The highest BCUT2D eigenvalue weighted by Gasteiger charge is 2.44. The Kier molecular flexibility index (Phi) is 9.47. The average molecular weight is 553 g/mol. The van der Waals surface area contributed by atoms with E-state index < -0.39 is 36.0 Å². The molecule has 1 saturated heterocycles. The monoisotopic (exact) mass is 552 g/mol. The second-order valence-corrected chi connectivity index (χ2v) is 10.1. The number of aliphatic carboxylic acids is 1. The first-order valence-corrected chi connectivity index (χ1v) is 13.5. The molecule has 2 aromatic rings. The molecule has 0 spiro atoms. The second-order valence-electron chi connectivity index (χ2n) is 10.1. The normalized spacial score (nSPS) is 18.1. The van der Waals surface area contributed by atoms with Crippen molar-refractivity contribution in [2.24, 2.45) is 5.92 Å². The molecule has 1 aliphatic heterocycles. The summed E-state index contributed by atoms with van der Waals surface area (Å²) >= 11 is 0. The van der Waals surface area contributed by atoms with Gasteiger partial charge in [0, 0.05) is 30.4 Å². The van der Waals surface area contributed by atoms with Gasteiger partial charge in [-0.15, -0.1) is 0 Å². The van der Waals surface area contributed by atoms with Crippen LogP contribution < -0.4 is 20.1 Å². The quantitative estimate of drug-likeness (QED) is 0.433. The van der Waals surface area contributed by atoms with E-state index in [2.05, 4.69) is 10.6 Å². The Morgan fingerprint density at radius 1 is 0.925 bits per heavy atom. The second kappa shape index (κ2) is 13.2. The molecule has 0 radical (unpaired) electrons. The molecule has 11 heteroatoms.